The molecule has 0 aliphatic rings. The van der Waals surface area contributed by atoms with Crippen molar-refractivity contribution in [2.45, 2.75) is 13.3 Å². The first-order chi connectivity index (χ1) is 6.79. The lowest BCUT2D eigenvalue weighted by Crippen LogP contribution is -1.80. The Hall–Kier alpha value is -1.77. The van der Waals surface area contributed by atoms with Crippen LogP contribution in [-0.4, -0.2) is 4.98 Å². The molecule has 1 aromatic carbocycles. The molecule has 1 heterocycles. The van der Waals surface area contributed by atoms with Crippen LogP contribution < -0.4 is 5.73 Å². The number of anilines is 1. The molecule has 72 valence electrons. The van der Waals surface area contributed by atoms with Gasteiger partial charge < -0.3 is 10.2 Å². The molecule has 2 N–H and O–H groups in total. The van der Waals surface area contributed by atoms with Gasteiger partial charge >= 0.3 is 0 Å². The summed E-state index contributed by atoms with van der Waals surface area (Å²) in [5.41, 5.74) is 7.71. The van der Waals surface area contributed by atoms with Crippen molar-refractivity contribution in [1.29, 1.82) is 0 Å². The fourth-order valence-electron chi connectivity index (χ4n) is 1.33. The van der Waals surface area contributed by atoms with Gasteiger partial charge in [-0.15, -0.1) is 0 Å². The quantitative estimate of drug-likeness (QED) is 0.787. The predicted molar refractivity (Wildman–Crippen MR) is 55.7 cm³/mol. The van der Waals surface area contributed by atoms with Crippen LogP contribution in [0.1, 0.15) is 12.5 Å². The standard InChI is InChI=1S/C11H12N2O/c1-2-8-3-5-9(6-4-8)10-7-13-11(12)14-10/h3-7H,2H2,1H3,(H2,12,13). The third kappa shape index (κ3) is 1.62. The lowest BCUT2D eigenvalue weighted by molar-refractivity contribution is 0.595. The number of nitrogens with zero attached hydrogens (tertiary/aromatic N) is 1. The summed E-state index contributed by atoms with van der Waals surface area (Å²) >= 11 is 0. The second kappa shape index (κ2) is 3.54. The van der Waals surface area contributed by atoms with E-state index in [2.05, 4.69) is 24.0 Å². The largest absolute Gasteiger partial charge is 0.424 e. The summed E-state index contributed by atoms with van der Waals surface area (Å²) in [5, 5.41) is 0. The molecule has 0 aliphatic carbocycles. The highest BCUT2D eigenvalue weighted by Gasteiger charge is 2.02. The Morgan fingerprint density at radius 3 is 2.50 bits per heavy atom. The highest BCUT2D eigenvalue weighted by atomic mass is 16.4. The molecule has 14 heavy (non-hydrogen) atoms. The summed E-state index contributed by atoms with van der Waals surface area (Å²) in [7, 11) is 0. The van der Waals surface area contributed by atoms with Crippen LogP contribution in [0.5, 0.6) is 0 Å². The molecule has 0 saturated heterocycles. The summed E-state index contributed by atoms with van der Waals surface area (Å²) in [6.07, 6.45) is 2.68. The van der Waals surface area contributed by atoms with Gasteiger partial charge in [-0.1, -0.05) is 31.2 Å². The predicted octanol–water partition coefficient (Wildman–Crippen LogP) is 2.49. The summed E-state index contributed by atoms with van der Waals surface area (Å²) in [4.78, 5) is 3.85. The Kier molecular flexibility index (Phi) is 2.23. The highest BCUT2D eigenvalue weighted by molar-refractivity contribution is 5.57. The van der Waals surface area contributed by atoms with Gasteiger partial charge in [-0.2, -0.15) is 0 Å². The zero-order valence-electron chi connectivity index (χ0n) is 8.03. The van der Waals surface area contributed by atoms with Crippen LogP contribution in [0, 0.1) is 0 Å². The minimum atomic E-state index is 0.208. The number of benzene rings is 1. The van der Waals surface area contributed by atoms with Crippen molar-refractivity contribution < 1.29 is 4.42 Å². The molecule has 0 saturated carbocycles. The number of oxazole rings is 1. The zero-order chi connectivity index (χ0) is 9.97. The monoisotopic (exact) mass is 188 g/mol. The first-order valence-corrected chi connectivity index (χ1v) is 4.60. The maximum absolute atomic E-state index is 5.39. The van der Waals surface area contributed by atoms with Crippen LogP contribution in [0.15, 0.2) is 34.9 Å². The third-order valence-electron chi connectivity index (χ3n) is 2.17. The average Bonchev–Trinajstić information content (AvgIpc) is 2.65. The number of hydrogen-bond donors (Lipinski definition) is 1. The van der Waals surface area contributed by atoms with Crippen molar-refractivity contribution >= 4 is 6.01 Å². The van der Waals surface area contributed by atoms with Crippen LogP contribution in [0.4, 0.5) is 6.01 Å². The Bertz CT molecular complexity index is 417. The first kappa shape index (κ1) is 8.81. The second-order valence-electron chi connectivity index (χ2n) is 3.11. The second-order valence-corrected chi connectivity index (χ2v) is 3.11. The Morgan fingerprint density at radius 1 is 1.29 bits per heavy atom. The van der Waals surface area contributed by atoms with Gasteiger partial charge in [0.15, 0.2) is 5.76 Å². The molecule has 2 rings (SSSR count). The number of hydrogen-bond acceptors (Lipinski definition) is 3. The molecule has 0 amide bonds. The molecular weight excluding hydrogens is 176 g/mol. The molecule has 3 heteroatoms. The normalized spacial score (nSPS) is 10.4. The van der Waals surface area contributed by atoms with E-state index < -0.39 is 0 Å². The molecule has 3 nitrogen and oxygen atoms in total. The molecule has 0 fully saturated rings. The van der Waals surface area contributed by atoms with Crippen molar-refractivity contribution in [2.24, 2.45) is 0 Å². The molecule has 0 bridgehead atoms. The number of aryl methyl sites for hydroxylation is 1. The van der Waals surface area contributed by atoms with Crippen LogP contribution in [0.2, 0.25) is 0 Å². The molecule has 0 radical (unpaired) electrons. The molecule has 0 atom stereocenters. The molecule has 0 aliphatic heterocycles. The van der Waals surface area contributed by atoms with Crippen LogP contribution in [0.3, 0.4) is 0 Å². The Labute approximate surface area is 82.6 Å². The van der Waals surface area contributed by atoms with E-state index in [1.54, 1.807) is 6.20 Å². The van der Waals surface area contributed by atoms with E-state index in [0.717, 1.165) is 12.0 Å². The first-order valence-electron chi connectivity index (χ1n) is 4.60. The maximum Gasteiger partial charge on any atom is 0.292 e. The van der Waals surface area contributed by atoms with E-state index in [0.29, 0.717) is 5.76 Å². The number of nitrogen functional groups attached to an aromatic ring is 1. The van der Waals surface area contributed by atoms with E-state index >= 15 is 0 Å². The summed E-state index contributed by atoms with van der Waals surface area (Å²) in [6.45, 7) is 2.13. The summed E-state index contributed by atoms with van der Waals surface area (Å²) in [6, 6.07) is 8.39. The van der Waals surface area contributed by atoms with Gasteiger partial charge in [0.2, 0.25) is 0 Å². The van der Waals surface area contributed by atoms with Gasteiger partial charge in [0.25, 0.3) is 6.01 Å². The van der Waals surface area contributed by atoms with Crippen LogP contribution in [0.25, 0.3) is 11.3 Å². The fraction of sp³-hybridized carbons (Fsp3) is 0.182. The van der Waals surface area contributed by atoms with Crippen molar-refractivity contribution in [3.05, 3.63) is 36.0 Å². The molecule has 0 unspecified atom stereocenters. The van der Waals surface area contributed by atoms with Gasteiger partial charge in [-0.05, 0) is 12.0 Å². The van der Waals surface area contributed by atoms with E-state index in [-0.39, 0.29) is 6.01 Å². The van der Waals surface area contributed by atoms with E-state index in [1.807, 2.05) is 12.1 Å². The SMILES string of the molecule is CCc1ccc(-c2cnc(N)o2)cc1. The van der Waals surface area contributed by atoms with E-state index in [4.69, 9.17) is 10.2 Å². The minimum Gasteiger partial charge on any atom is -0.424 e. The van der Waals surface area contributed by atoms with E-state index in [1.165, 1.54) is 5.56 Å². The number of rotatable bonds is 2. The van der Waals surface area contributed by atoms with E-state index in [9.17, 15) is 0 Å². The minimum absolute atomic E-state index is 0.208. The van der Waals surface area contributed by atoms with Crippen molar-refractivity contribution in [3.8, 4) is 11.3 Å². The highest BCUT2D eigenvalue weighted by Crippen LogP contribution is 2.21. The van der Waals surface area contributed by atoms with Gasteiger partial charge in [0.05, 0.1) is 6.20 Å². The number of aromatic nitrogens is 1. The molecule has 2 aromatic rings. The molecule has 0 spiro atoms. The Morgan fingerprint density at radius 2 is 2.00 bits per heavy atom. The van der Waals surface area contributed by atoms with Gasteiger partial charge in [0.1, 0.15) is 0 Å². The topological polar surface area (TPSA) is 52.0 Å². The van der Waals surface area contributed by atoms with Crippen molar-refractivity contribution in [2.75, 3.05) is 5.73 Å². The van der Waals surface area contributed by atoms with Gasteiger partial charge in [-0.3, -0.25) is 0 Å². The lowest BCUT2D eigenvalue weighted by atomic mass is 10.1. The molecule has 1 aromatic heterocycles. The molecular formula is C11H12N2O. The van der Waals surface area contributed by atoms with Crippen LogP contribution in [-0.2, 0) is 6.42 Å². The van der Waals surface area contributed by atoms with Crippen molar-refractivity contribution in [1.82, 2.24) is 4.98 Å². The van der Waals surface area contributed by atoms with Gasteiger partial charge in [-0.25, -0.2) is 4.98 Å². The number of nitrogens with two attached hydrogens (primary N) is 1. The summed E-state index contributed by atoms with van der Waals surface area (Å²) in [5.74, 6) is 0.713. The summed E-state index contributed by atoms with van der Waals surface area (Å²) < 4.78 is 5.21. The zero-order valence-corrected chi connectivity index (χ0v) is 8.03. The van der Waals surface area contributed by atoms with Crippen LogP contribution >= 0.6 is 0 Å². The van der Waals surface area contributed by atoms with Crippen molar-refractivity contribution in [3.63, 3.8) is 0 Å². The van der Waals surface area contributed by atoms with Gasteiger partial charge in [0, 0.05) is 5.56 Å². The maximum atomic E-state index is 5.39. The Balaban J connectivity index is 2.33. The third-order valence-corrected chi connectivity index (χ3v) is 2.17. The smallest absolute Gasteiger partial charge is 0.292 e. The fourth-order valence-corrected chi connectivity index (χ4v) is 1.33. The lowest BCUT2D eigenvalue weighted by Gasteiger charge is -1.98. The average molecular weight is 188 g/mol.